The fourth-order valence-corrected chi connectivity index (χ4v) is 1.29. The van der Waals surface area contributed by atoms with Crippen molar-refractivity contribution in [1.29, 1.82) is 0 Å². The Morgan fingerprint density at radius 3 is 2.21 bits per heavy atom. The molecular weight excluding hydrogens is 176 g/mol. The lowest BCUT2D eigenvalue weighted by molar-refractivity contribution is -0.317. The Bertz CT molecular complexity index is 323. The lowest BCUT2D eigenvalue weighted by atomic mass is 9.86. The number of carboxylic acids is 1. The average Bonchev–Trinajstić information content (AvgIpc) is 2.08. The van der Waals surface area contributed by atoms with Crippen molar-refractivity contribution < 1.29 is 9.90 Å². The molecule has 0 heterocycles. The second-order valence-electron chi connectivity index (χ2n) is 4.33. The predicted octanol–water partition coefficient (Wildman–Crippen LogP) is 1.31. The minimum absolute atomic E-state index is 0.510. The Balaban J connectivity index is 2.79. The molecule has 0 bridgehead atoms. The molecule has 2 nitrogen and oxygen atoms in total. The Morgan fingerprint density at radius 2 is 1.79 bits per heavy atom. The number of benzene rings is 1. The lowest BCUT2D eigenvalue weighted by Crippen LogP contribution is -2.39. The van der Waals surface area contributed by atoms with Gasteiger partial charge in [-0.2, -0.15) is 0 Å². The summed E-state index contributed by atoms with van der Waals surface area (Å²) in [6.07, 6.45) is 0.510. The smallest absolute Gasteiger partial charge is 0.0474 e. The molecule has 0 radical (unpaired) electrons. The average molecular weight is 191 g/mol. The molecule has 0 N–H and O–H groups in total. The Morgan fingerprint density at radius 1 is 1.29 bits per heavy atom. The maximum Gasteiger partial charge on any atom is 0.0474 e. The third-order valence-electron chi connectivity index (χ3n) is 2.32. The van der Waals surface area contributed by atoms with Crippen LogP contribution in [0.2, 0.25) is 0 Å². The van der Waals surface area contributed by atoms with Crippen molar-refractivity contribution in [2.75, 3.05) is 0 Å². The van der Waals surface area contributed by atoms with E-state index in [1.165, 1.54) is 5.56 Å². The fraction of sp³-hybridized carbons (Fsp3) is 0.417. The van der Waals surface area contributed by atoms with E-state index in [0.717, 1.165) is 5.56 Å². The molecule has 0 aliphatic rings. The zero-order valence-electron chi connectivity index (χ0n) is 8.83. The number of aliphatic carboxylic acids is 1. The number of aryl methyl sites for hydroxylation is 1. The zero-order chi connectivity index (χ0) is 10.8. The van der Waals surface area contributed by atoms with Crippen LogP contribution in [0.25, 0.3) is 0 Å². The van der Waals surface area contributed by atoms with Crippen LogP contribution in [0.3, 0.4) is 0 Å². The molecule has 0 saturated carbocycles. The van der Waals surface area contributed by atoms with Crippen LogP contribution in [0.15, 0.2) is 24.3 Å². The van der Waals surface area contributed by atoms with E-state index in [9.17, 15) is 9.90 Å². The Hall–Kier alpha value is -1.31. The number of hydrogen-bond acceptors (Lipinski definition) is 2. The standard InChI is InChI=1S/C12H16O2/c1-9-4-6-10(7-5-9)8-12(2,3)11(13)14/h4-7H,8H2,1-3H3,(H,13,14)/p-1. The van der Waals surface area contributed by atoms with Crippen LogP contribution in [-0.4, -0.2) is 5.97 Å². The molecule has 0 spiro atoms. The second-order valence-corrected chi connectivity index (χ2v) is 4.33. The molecular formula is C12H15O2-. The summed E-state index contributed by atoms with van der Waals surface area (Å²) >= 11 is 0. The molecule has 0 fully saturated rings. The van der Waals surface area contributed by atoms with Crippen molar-refractivity contribution >= 4 is 5.97 Å². The summed E-state index contributed by atoms with van der Waals surface area (Å²) in [4.78, 5) is 10.8. The second kappa shape index (κ2) is 3.82. The molecule has 0 atom stereocenters. The first-order valence-electron chi connectivity index (χ1n) is 4.69. The molecule has 1 rings (SSSR count). The molecule has 1 aromatic carbocycles. The summed E-state index contributed by atoms with van der Waals surface area (Å²) in [6.45, 7) is 5.37. The van der Waals surface area contributed by atoms with Crippen molar-refractivity contribution in [2.45, 2.75) is 27.2 Å². The van der Waals surface area contributed by atoms with E-state index in [4.69, 9.17) is 0 Å². The van der Waals surface area contributed by atoms with Crippen LogP contribution >= 0.6 is 0 Å². The van der Waals surface area contributed by atoms with Crippen LogP contribution < -0.4 is 5.11 Å². The molecule has 0 aliphatic carbocycles. The van der Waals surface area contributed by atoms with Gasteiger partial charge in [-0.3, -0.25) is 0 Å². The molecule has 0 amide bonds. The first-order valence-corrected chi connectivity index (χ1v) is 4.69. The maximum absolute atomic E-state index is 10.8. The van der Waals surface area contributed by atoms with Gasteiger partial charge in [0, 0.05) is 11.4 Å². The lowest BCUT2D eigenvalue weighted by Gasteiger charge is -2.25. The van der Waals surface area contributed by atoms with E-state index in [1.807, 2.05) is 31.2 Å². The Kier molecular flexibility index (Phi) is 2.94. The van der Waals surface area contributed by atoms with Gasteiger partial charge in [0.15, 0.2) is 0 Å². The number of carboxylic acid groups (broad SMARTS) is 1. The molecule has 14 heavy (non-hydrogen) atoms. The molecule has 2 heteroatoms. The normalized spacial score (nSPS) is 11.4. The third-order valence-corrected chi connectivity index (χ3v) is 2.32. The van der Waals surface area contributed by atoms with Gasteiger partial charge < -0.3 is 9.90 Å². The zero-order valence-corrected chi connectivity index (χ0v) is 8.83. The summed E-state index contributed by atoms with van der Waals surface area (Å²) in [5.41, 5.74) is 1.42. The molecule has 0 aliphatic heterocycles. The highest BCUT2D eigenvalue weighted by Crippen LogP contribution is 2.20. The topological polar surface area (TPSA) is 40.1 Å². The van der Waals surface area contributed by atoms with E-state index in [-0.39, 0.29) is 0 Å². The third kappa shape index (κ3) is 2.59. The van der Waals surface area contributed by atoms with Gasteiger partial charge in [0.2, 0.25) is 0 Å². The molecule has 1 aromatic rings. The fourth-order valence-electron chi connectivity index (χ4n) is 1.29. The van der Waals surface area contributed by atoms with Crippen LogP contribution in [0, 0.1) is 12.3 Å². The van der Waals surface area contributed by atoms with Gasteiger partial charge in [-0.1, -0.05) is 43.7 Å². The van der Waals surface area contributed by atoms with Crippen LogP contribution in [0.1, 0.15) is 25.0 Å². The predicted molar refractivity (Wildman–Crippen MR) is 53.7 cm³/mol. The van der Waals surface area contributed by atoms with E-state index in [2.05, 4.69) is 0 Å². The number of hydrogen-bond donors (Lipinski definition) is 0. The number of carbonyl (C=O) groups is 1. The first-order chi connectivity index (χ1) is 6.42. The van der Waals surface area contributed by atoms with Crippen molar-refractivity contribution in [2.24, 2.45) is 5.41 Å². The Labute approximate surface area is 84.6 Å². The SMILES string of the molecule is Cc1ccc(CC(C)(C)C(=O)[O-])cc1. The van der Waals surface area contributed by atoms with Crippen molar-refractivity contribution in [3.63, 3.8) is 0 Å². The van der Waals surface area contributed by atoms with Gasteiger partial charge in [-0.05, 0) is 18.9 Å². The quantitative estimate of drug-likeness (QED) is 0.722. The molecule has 0 unspecified atom stereocenters. The highest BCUT2D eigenvalue weighted by Gasteiger charge is 2.19. The summed E-state index contributed by atoms with van der Waals surface area (Å²) in [6, 6.07) is 7.89. The molecule has 0 saturated heterocycles. The summed E-state index contributed by atoms with van der Waals surface area (Å²) < 4.78 is 0. The van der Waals surface area contributed by atoms with E-state index < -0.39 is 11.4 Å². The van der Waals surface area contributed by atoms with Crippen molar-refractivity contribution in [3.05, 3.63) is 35.4 Å². The van der Waals surface area contributed by atoms with Gasteiger partial charge in [0.1, 0.15) is 0 Å². The molecule has 0 aromatic heterocycles. The minimum atomic E-state index is -1.00. The van der Waals surface area contributed by atoms with Gasteiger partial charge in [-0.25, -0.2) is 0 Å². The maximum atomic E-state index is 10.8. The van der Waals surface area contributed by atoms with Gasteiger partial charge >= 0.3 is 0 Å². The summed E-state index contributed by atoms with van der Waals surface area (Å²) in [5.74, 6) is -1.00. The largest absolute Gasteiger partial charge is 0.550 e. The highest BCUT2D eigenvalue weighted by atomic mass is 16.4. The van der Waals surface area contributed by atoms with E-state index >= 15 is 0 Å². The molecule has 76 valence electrons. The van der Waals surface area contributed by atoms with E-state index in [1.54, 1.807) is 13.8 Å². The highest BCUT2D eigenvalue weighted by molar-refractivity contribution is 5.71. The minimum Gasteiger partial charge on any atom is -0.550 e. The summed E-state index contributed by atoms with van der Waals surface area (Å²) in [5, 5.41) is 10.8. The number of carbonyl (C=O) groups excluding carboxylic acids is 1. The number of rotatable bonds is 3. The first kappa shape index (κ1) is 10.8. The van der Waals surface area contributed by atoms with Crippen LogP contribution in [0.5, 0.6) is 0 Å². The van der Waals surface area contributed by atoms with Crippen LogP contribution in [0.4, 0.5) is 0 Å². The van der Waals surface area contributed by atoms with Gasteiger partial charge in [-0.15, -0.1) is 0 Å². The van der Waals surface area contributed by atoms with Gasteiger partial charge in [0.25, 0.3) is 0 Å². The monoisotopic (exact) mass is 191 g/mol. The van der Waals surface area contributed by atoms with Crippen molar-refractivity contribution in [1.82, 2.24) is 0 Å². The summed E-state index contributed by atoms with van der Waals surface area (Å²) in [7, 11) is 0. The van der Waals surface area contributed by atoms with Crippen molar-refractivity contribution in [3.8, 4) is 0 Å². The van der Waals surface area contributed by atoms with Gasteiger partial charge in [0.05, 0.1) is 0 Å². The van der Waals surface area contributed by atoms with E-state index in [0.29, 0.717) is 6.42 Å². The van der Waals surface area contributed by atoms with Crippen LogP contribution in [-0.2, 0) is 11.2 Å².